The van der Waals surface area contributed by atoms with Crippen molar-refractivity contribution in [3.05, 3.63) is 30.1 Å². The molecule has 3 atom stereocenters. The molecule has 1 aliphatic carbocycles. The smallest absolute Gasteiger partial charge is 0.322 e. The fourth-order valence-corrected chi connectivity index (χ4v) is 4.06. The lowest BCUT2D eigenvalue weighted by Crippen LogP contribution is -2.53. The first-order valence-corrected chi connectivity index (χ1v) is 8.75. The Morgan fingerprint density at radius 2 is 2.24 bits per heavy atom. The number of carbonyl (C=O) groups excluding carboxylic acids is 3. The maximum absolute atomic E-state index is 12.8. The lowest BCUT2D eigenvalue weighted by Gasteiger charge is -2.29. The minimum Gasteiger partial charge on any atom is -0.355 e. The molecule has 2 heterocycles. The molecule has 4 amide bonds. The van der Waals surface area contributed by atoms with Crippen LogP contribution < -0.4 is 16.0 Å². The number of nitrogens with zero attached hydrogens (tertiary/aromatic N) is 1. The molecule has 2 fully saturated rings. The zero-order valence-corrected chi connectivity index (χ0v) is 14.5. The van der Waals surface area contributed by atoms with Crippen molar-refractivity contribution in [1.29, 1.82) is 0 Å². The van der Waals surface area contributed by atoms with Crippen LogP contribution in [0.3, 0.4) is 0 Å². The molecule has 1 aromatic rings. The second-order valence-corrected chi connectivity index (χ2v) is 7.22. The van der Waals surface area contributed by atoms with Gasteiger partial charge in [-0.05, 0) is 30.4 Å². The summed E-state index contributed by atoms with van der Waals surface area (Å²) in [4.78, 5) is 40.6. The Bertz CT molecular complexity index is 676. The van der Waals surface area contributed by atoms with Crippen molar-refractivity contribution < 1.29 is 14.4 Å². The van der Waals surface area contributed by atoms with Crippen molar-refractivity contribution >= 4 is 17.8 Å². The highest BCUT2D eigenvalue weighted by Crippen LogP contribution is 2.37. The minimum atomic E-state index is -0.869. The number of hydrogen-bond acceptors (Lipinski definition) is 4. The van der Waals surface area contributed by atoms with Crippen LogP contribution in [-0.4, -0.2) is 34.9 Å². The molecular formula is C18H24N4O3. The number of carbonyl (C=O) groups is 3. The van der Waals surface area contributed by atoms with Gasteiger partial charge >= 0.3 is 6.03 Å². The predicted octanol–water partition coefficient (Wildman–Crippen LogP) is 1.32. The van der Waals surface area contributed by atoms with E-state index in [4.69, 9.17) is 0 Å². The highest BCUT2D eigenvalue weighted by atomic mass is 16.2. The zero-order valence-electron chi connectivity index (χ0n) is 14.5. The van der Waals surface area contributed by atoms with Gasteiger partial charge in [0.2, 0.25) is 5.91 Å². The van der Waals surface area contributed by atoms with E-state index in [1.54, 1.807) is 12.4 Å². The van der Waals surface area contributed by atoms with E-state index in [2.05, 4.69) is 20.9 Å². The number of hydrogen-bond donors (Lipinski definition) is 3. The molecule has 0 bridgehead atoms. The van der Waals surface area contributed by atoms with Crippen LogP contribution in [0, 0.1) is 11.8 Å². The number of urea groups is 1. The first-order chi connectivity index (χ1) is 11.9. The van der Waals surface area contributed by atoms with E-state index >= 15 is 0 Å². The summed E-state index contributed by atoms with van der Waals surface area (Å²) in [5, 5.41) is 8.09. The number of amides is 4. The van der Waals surface area contributed by atoms with E-state index in [9.17, 15) is 14.4 Å². The van der Waals surface area contributed by atoms with E-state index in [1.165, 1.54) is 0 Å². The molecule has 0 radical (unpaired) electrons. The summed E-state index contributed by atoms with van der Waals surface area (Å²) in [6.07, 6.45) is 5.66. The molecule has 134 valence electrons. The zero-order chi connectivity index (χ0) is 18.0. The van der Waals surface area contributed by atoms with Crippen molar-refractivity contribution in [2.24, 2.45) is 11.8 Å². The van der Waals surface area contributed by atoms with E-state index < -0.39 is 11.6 Å². The Balaban J connectivity index is 1.69. The third-order valence-corrected chi connectivity index (χ3v) is 5.30. The van der Waals surface area contributed by atoms with Crippen LogP contribution in [0.5, 0.6) is 0 Å². The quantitative estimate of drug-likeness (QED) is 0.701. The summed E-state index contributed by atoms with van der Waals surface area (Å²) in [6, 6.07) is 3.28. The number of pyridine rings is 1. The Labute approximate surface area is 147 Å². The van der Waals surface area contributed by atoms with Gasteiger partial charge in [-0.25, -0.2) is 4.79 Å². The summed E-state index contributed by atoms with van der Waals surface area (Å²) < 4.78 is 0. The SMILES string of the molecule is CC(C)C(C(=O)NCC1CCCC12NC(=O)NC2=O)c1cccnc1. The second kappa shape index (κ2) is 6.82. The largest absolute Gasteiger partial charge is 0.355 e. The monoisotopic (exact) mass is 344 g/mol. The van der Waals surface area contributed by atoms with Gasteiger partial charge in [0.25, 0.3) is 5.91 Å². The molecule has 0 aromatic carbocycles. The first-order valence-electron chi connectivity index (χ1n) is 8.75. The molecule has 1 aliphatic heterocycles. The van der Waals surface area contributed by atoms with Crippen molar-refractivity contribution in [1.82, 2.24) is 20.9 Å². The second-order valence-electron chi connectivity index (χ2n) is 7.22. The normalized spacial score (nSPS) is 26.6. The highest BCUT2D eigenvalue weighted by molar-refractivity contribution is 6.07. The minimum absolute atomic E-state index is 0.0743. The van der Waals surface area contributed by atoms with Crippen molar-refractivity contribution in [2.45, 2.75) is 44.6 Å². The molecule has 7 nitrogen and oxygen atoms in total. The lowest BCUT2D eigenvalue weighted by molar-refractivity contribution is -0.127. The van der Waals surface area contributed by atoms with E-state index in [1.807, 2.05) is 26.0 Å². The third-order valence-electron chi connectivity index (χ3n) is 5.30. The summed E-state index contributed by atoms with van der Waals surface area (Å²) in [6.45, 7) is 4.37. The maximum atomic E-state index is 12.8. The van der Waals surface area contributed by atoms with Crippen molar-refractivity contribution in [3.63, 3.8) is 0 Å². The van der Waals surface area contributed by atoms with Crippen LogP contribution in [0.1, 0.15) is 44.6 Å². The summed E-state index contributed by atoms with van der Waals surface area (Å²) >= 11 is 0. The van der Waals surface area contributed by atoms with E-state index in [0.29, 0.717) is 13.0 Å². The molecule has 1 saturated carbocycles. The molecule has 3 rings (SSSR count). The molecular weight excluding hydrogens is 320 g/mol. The van der Waals surface area contributed by atoms with Crippen LogP contribution in [-0.2, 0) is 9.59 Å². The first kappa shape index (κ1) is 17.4. The predicted molar refractivity (Wildman–Crippen MR) is 91.6 cm³/mol. The number of nitrogens with one attached hydrogen (secondary N) is 3. The van der Waals surface area contributed by atoms with Gasteiger partial charge in [-0.3, -0.25) is 19.9 Å². The Morgan fingerprint density at radius 1 is 1.44 bits per heavy atom. The van der Waals surface area contributed by atoms with Crippen LogP contribution in [0.4, 0.5) is 4.79 Å². The molecule has 25 heavy (non-hydrogen) atoms. The van der Waals surface area contributed by atoms with Crippen molar-refractivity contribution in [2.75, 3.05) is 6.54 Å². The summed E-state index contributed by atoms with van der Waals surface area (Å²) in [7, 11) is 0. The van der Waals surface area contributed by atoms with Crippen LogP contribution in [0.2, 0.25) is 0 Å². The van der Waals surface area contributed by atoms with Gasteiger partial charge in [0.1, 0.15) is 5.54 Å². The van der Waals surface area contributed by atoms with E-state index in [0.717, 1.165) is 18.4 Å². The summed E-state index contributed by atoms with van der Waals surface area (Å²) in [5.41, 5.74) is 0.00877. The van der Waals surface area contributed by atoms with Crippen LogP contribution in [0.25, 0.3) is 0 Å². The highest BCUT2D eigenvalue weighted by Gasteiger charge is 2.54. The average Bonchev–Trinajstić information content (AvgIpc) is 3.09. The molecule has 2 aliphatic rings. The maximum Gasteiger partial charge on any atom is 0.322 e. The molecule has 3 N–H and O–H groups in total. The molecule has 1 spiro atoms. The number of aromatic nitrogens is 1. The van der Waals surface area contributed by atoms with Gasteiger partial charge in [0.05, 0.1) is 5.92 Å². The Hall–Kier alpha value is -2.44. The van der Waals surface area contributed by atoms with Gasteiger partial charge in [0.15, 0.2) is 0 Å². The molecule has 1 aromatic heterocycles. The average molecular weight is 344 g/mol. The van der Waals surface area contributed by atoms with Gasteiger partial charge in [-0.2, -0.15) is 0 Å². The van der Waals surface area contributed by atoms with Gasteiger partial charge in [0, 0.05) is 24.9 Å². The van der Waals surface area contributed by atoms with Gasteiger partial charge in [-0.1, -0.05) is 26.3 Å². The van der Waals surface area contributed by atoms with Gasteiger partial charge in [-0.15, -0.1) is 0 Å². The van der Waals surface area contributed by atoms with Crippen LogP contribution in [0.15, 0.2) is 24.5 Å². The fraction of sp³-hybridized carbons (Fsp3) is 0.556. The lowest BCUT2D eigenvalue weighted by atomic mass is 9.85. The van der Waals surface area contributed by atoms with Crippen molar-refractivity contribution in [3.8, 4) is 0 Å². The summed E-state index contributed by atoms with van der Waals surface area (Å²) in [5.74, 6) is -0.615. The standard InChI is InChI=1S/C18H24N4O3/c1-11(2)14(12-5-4-8-19-9-12)15(23)20-10-13-6-3-7-18(13)16(24)21-17(25)22-18/h4-5,8-9,11,13-14H,3,6-7,10H2,1-2H3,(H,20,23)(H2,21,22,24,25). The Kier molecular flexibility index (Phi) is 4.74. The van der Waals surface area contributed by atoms with Gasteiger partial charge < -0.3 is 10.6 Å². The van der Waals surface area contributed by atoms with E-state index in [-0.39, 0.29) is 29.6 Å². The molecule has 1 saturated heterocycles. The molecule has 3 unspecified atom stereocenters. The number of imide groups is 1. The third kappa shape index (κ3) is 3.23. The van der Waals surface area contributed by atoms with Crippen LogP contribution >= 0.6 is 0 Å². The Morgan fingerprint density at radius 3 is 2.84 bits per heavy atom. The fourth-order valence-electron chi connectivity index (χ4n) is 4.06. The molecule has 7 heteroatoms. The topological polar surface area (TPSA) is 100 Å². The number of rotatable bonds is 5.